The molecule has 1 aliphatic rings. The van der Waals surface area contributed by atoms with Crippen molar-refractivity contribution in [3.63, 3.8) is 0 Å². The zero-order valence-corrected chi connectivity index (χ0v) is 14.2. The van der Waals surface area contributed by atoms with E-state index in [1.807, 2.05) is 19.1 Å². The Labute approximate surface area is 145 Å². The second-order valence-corrected chi connectivity index (χ2v) is 5.79. The van der Waals surface area contributed by atoms with E-state index in [0.717, 1.165) is 11.3 Å². The monoisotopic (exact) mass is 344 g/mol. The minimum Gasteiger partial charge on any atom is -0.444 e. The van der Waals surface area contributed by atoms with Gasteiger partial charge in [0.25, 0.3) is 0 Å². The summed E-state index contributed by atoms with van der Waals surface area (Å²) in [5, 5.41) is 2.81. The maximum atomic E-state index is 12.4. The third kappa shape index (κ3) is 3.97. The van der Waals surface area contributed by atoms with E-state index in [-0.39, 0.29) is 25.2 Å². The summed E-state index contributed by atoms with van der Waals surface area (Å²) in [5.74, 6) is 0.409. The average Bonchev–Trinajstić information content (AvgIpc) is 3.19. The molecule has 0 saturated carbocycles. The van der Waals surface area contributed by atoms with Crippen molar-refractivity contribution in [2.45, 2.75) is 6.92 Å². The molecule has 132 valence electrons. The van der Waals surface area contributed by atoms with Gasteiger partial charge in [0.2, 0.25) is 11.8 Å². The van der Waals surface area contributed by atoms with Gasteiger partial charge in [-0.25, -0.2) is 9.78 Å². The fourth-order valence-electron chi connectivity index (χ4n) is 2.55. The first-order valence-electron chi connectivity index (χ1n) is 7.92. The number of carbonyl (C=O) groups excluding carboxylic acids is 2. The summed E-state index contributed by atoms with van der Waals surface area (Å²) in [6, 6.07) is 6.90. The minimum atomic E-state index is -0.325. The molecular formula is C17H20N4O4. The Morgan fingerprint density at radius 3 is 3.00 bits per heavy atom. The molecule has 1 aliphatic heterocycles. The molecule has 0 unspecified atom stereocenters. The Morgan fingerprint density at radius 2 is 2.28 bits per heavy atom. The highest BCUT2D eigenvalue weighted by atomic mass is 16.5. The van der Waals surface area contributed by atoms with Crippen molar-refractivity contribution in [2.75, 3.05) is 38.8 Å². The molecule has 2 heterocycles. The number of rotatable bonds is 5. The lowest BCUT2D eigenvalue weighted by molar-refractivity contribution is -0.127. The molecule has 1 saturated heterocycles. The van der Waals surface area contributed by atoms with E-state index in [9.17, 15) is 9.59 Å². The number of oxazole rings is 1. The summed E-state index contributed by atoms with van der Waals surface area (Å²) in [4.78, 5) is 31.6. The van der Waals surface area contributed by atoms with Crippen LogP contribution >= 0.6 is 0 Å². The Morgan fingerprint density at radius 1 is 1.44 bits per heavy atom. The van der Waals surface area contributed by atoms with Crippen molar-refractivity contribution in [1.82, 2.24) is 14.8 Å². The minimum absolute atomic E-state index is 0.0637. The molecule has 0 radical (unpaired) electrons. The zero-order valence-electron chi connectivity index (χ0n) is 14.2. The molecule has 3 amide bonds. The van der Waals surface area contributed by atoms with Gasteiger partial charge in [0.1, 0.15) is 12.8 Å². The molecular weight excluding hydrogens is 324 g/mol. The number of hydrogen-bond donors (Lipinski definition) is 1. The molecule has 0 atom stereocenters. The van der Waals surface area contributed by atoms with Gasteiger partial charge in [0.15, 0.2) is 0 Å². The molecule has 8 nitrogen and oxygen atoms in total. The largest absolute Gasteiger partial charge is 0.444 e. The van der Waals surface area contributed by atoms with E-state index in [2.05, 4.69) is 10.3 Å². The van der Waals surface area contributed by atoms with E-state index in [4.69, 9.17) is 9.15 Å². The Kier molecular flexibility index (Phi) is 4.99. The van der Waals surface area contributed by atoms with E-state index in [0.29, 0.717) is 24.7 Å². The standard InChI is InChI=1S/C17H20N4O4/c1-12-10-25-16(18-12)13-4-3-5-14(8-13)19-17(23)21-9-15(22)20(11-21)6-7-24-2/h3-5,8,10H,6-7,9,11H2,1-2H3,(H,19,23). The van der Waals surface area contributed by atoms with Crippen LogP contribution in [0.4, 0.5) is 10.5 Å². The predicted octanol–water partition coefficient (Wildman–Crippen LogP) is 1.93. The summed E-state index contributed by atoms with van der Waals surface area (Å²) in [6.45, 7) is 3.08. The van der Waals surface area contributed by atoms with Crippen molar-refractivity contribution >= 4 is 17.6 Å². The van der Waals surface area contributed by atoms with Crippen LogP contribution in [0.2, 0.25) is 0 Å². The van der Waals surface area contributed by atoms with Crippen LogP contribution in [0.15, 0.2) is 34.9 Å². The topological polar surface area (TPSA) is 87.9 Å². The van der Waals surface area contributed by atoms with Crippen molar-refractivity contribution in [1.29, 1.82) is 0 Å². The molecule has 0 spiro atoms. The lowest BCUT2D eigenvalue weighted by atomic mass is 10.2. The smallest absolute Gasteiger partial charge is 0.323 e. The van der Waals surface area contributed by atoms with Gasteiger partial charge in [-0.2, -0.15) is 0 Å². The van der Waals surface area contributed by atoms with Crippen LogP contribution in [0.1, 0.15) is 5.69 Å². The summed E-state index contributed by atoms with van der Waals surface area (Å²) in [6.07, 6.45) is 1.57. The normalized spacial score (nSPS) is 14.2. The van der Waals surface area contributed by atoms with Gasteiger partial charge in [0, 0.05) is 24.9 Å². The molecule has 1 fully saturated rings. The summed E-state index contributed by atoms with van der Waals surface area (Å²) < 4.78 is 10.4. The first kappa shape index (κ1) is 17.0. The van der Waals surface area contributed by atoms with E-state index >= 15 is 0 Å². The second-order valence-electron chi connectivity index (χ2n) is 5.79. The predicted molar refractivity (Wildman–Crippen MR) is 90.9 cm³/mol. The van der Waals surface area contributed by atoms with Crippen LogP contribution in [-0.4, -0.2) is 60.2 Å². The number of carbonyl (C=O) groups is 2. The van der Waals surface area contributed by atoms with Gasteiger partial charge in [-0.05, 0) is 25.1 Å². The molecule has 1 aromatic heterocycles. The Balaban J connectivity index is 1.64. The number of aryl methyl sites for hydroxylation is 1. The molecule has 1 N–H and O–H groups in total. The van der Waals surface area contributed by atoms with Crippen LogP contribution in [0.3, 0.4) is 0 Å². The average molecular weight is 344 g/mol. The third-order valence-electron chi connectivity index (χ3n) is 3.85. The van der Waals surface area contributed by atoms with Gasteiger partial charge in [-0.3, -0.25) is 9.69 Å². The first-order valence-corrected chi connectivity index (χ1v) is 7.92. The third-order valence-corrected chi connectivity index (χ3v) is 3.85. The summed E-state index contributed by atoms with van der Waals surface area (Å²) >= 11 is 0. The molecule has 2 aromatic rings. The number of nitrogens with zero attached hydrogens (tertiary/aromatic N) is 3. The fraction of sp³-hybridized carbons (Fsp3) is 0.353. The van der Waals surface area contributed by atoms with Crippen molar-refractivity contribution in [3.8, 4) is 11.5 Å². The first-order chi connectivity index (χ1) is 12.1. The highest BCUT2D eigenvalue weighted by Crippen LogP contribution is 2.22. The number of ether oxygens (including phenoxy) is 1. The molecule has 25 heavy (non-hydrogen) atoms. The Hall–Kier alpha value is -2.87. The lowest BCUT2D eigenvalue weighted by Crippen LogP contribution is -2.35. The number of anilines is 1. The number of aromatic nitrogens is 1. The van der Waals surface area contributed by atoms with Gasteiger partial charge < -0.3 is 19.4 Å². The van der Waals surface area contributed by atoms with Crippen LogP contribution in [0.5, 0.6) is 0 Å². The lowest BCUT2D eigenvalue weighted by Gasteiger charge is -2.18. The molecule has 1 aromatic carbocycles. The number of methoxy groups -OCH3 is 1. The molecule has 8 heteroatoms. The number of amides is 3. The number of benzene rings is 1. The summed E-state index contributed by atoms with van der Waals surface area (Å²) in [5.41, 5.74) is 2.17. The van der Waals surface area contributed by atoms with Crippen molar-refractivity contribution in [2.24, 2.45) is 0 Å². The van der Waals surface area contributed by atoms with Gasteiger partial charge in [0.05, 0.1) is 19.0 Å². The van der Waals surface area contributed by atoms with E-state index in [1.165, 1.54) is 4.90 Å². The van der Waals surface area contributed by atoms with Crippen LogP contribution in [0, 0.1) is 6.92 Å². The number of urea groups is 1. The van der Waals surface area contributed by atoms with Crippen molar-refractivity contribution in [3.05, 3.63) is 36.2 Å². The highest BCUT2D eigenvalue weighted by Gasteiger charge is 2.30. The highest BCUT2D eigenvalue weighted by molar-refractivity contribution is 5.94. The fourth-order valence-corrected chi connectivity index (χ4v) is 2.55. The summed E-state index contributed by atoms with van der Waals surface area (Å²) in [7, 11) is 1.58. The zero-order chi connectivity index (χ0) is 17.8. The van der Waals surface area contributed by atoms with Crippen LogP contribution in [0.25, 0.3) is 11.5 Å². The number of nitrogens with one attached hydrogen (secondary N) is 1. The van der Waals surface area contributed by atoms with Crippen LogP contribution < -0.4 is 5.32 Å². The van der Waals surface area contributed by atoms with Gasteiger partial charge in [-0.15, -0.1) is 0 Å². The van der Waals surface area contributed by atoms with E-state index < -0.39 is 0 Å². The second kappa shape index (κ2) is 7.35. The van der Waals surface area contributed by atoms with E-state index in [1.54, 1.807) is 30.4 Å². The quantitative estimate of drug-likeness (QED) is 0.895. The maximum absolute atomic E-state index is 12.4. The molecule has 3 rings (SSSR count). The van der Waals surface area contributed by atoms with Crippen molar-refractivity contribution < 1.29 is 18.7 Å². The van der Waals surface area contributed by atoms with Crippen LogP contribution in [-0.2, 0) is 9.53 Å². The van der Waals surface area contributed by atoms with Gasteiger partial charge in [-0.1, -0.05) is 6.07 Å². The molecule has 0 aliphatic carbocycles. The van der Waals surface area contributed by atoms with Gasteiger partial charge >= 0.3 is 6.03 Å². The number of hydrogen-bond acceptors (Lipinski definition) is 5. The SMILES string of the molecule is COCCN1CN(C(=O)Nc2cccc(-c3nc(C)co3)c2)CC1=O. The molecule has 0 bridgehead atoms. The Bertz CT molecular complexity index is 774. The maximum Gasteiger partial charge on any atom is 0.323 e.